The first-order valence-electron chi connectivity index (χ1n) is 17.2. The molecule has 14 nitrogen and oxygen atoms in total. The predicted octanol–water partition coefficient (Wildman–Crippen LogP) is 3.92. The number of benzene rings is 4. The third kappa shape index (κ3) is 9.79. The van der Waals surface area contributed by atoms with Crippen LogP contribution in [-0.4, -0.2) is 63.5 Å². The van der Waals surface area contributed by atoms with Gasteiger partial charge in [-0.3, -0.25) is 24.0 Å². The normalized spacial score (nSPS) is 13.5. The lowest BCUT2D eigenvalue weighted by Crippen LogP contribution is -2.55. The first kappa shape index (κ1) is 38.5. The lowest BCUT2D eigenvalue weighted by atomic mass is 9.97. The first-order valence-corrected chi connectivity index (χ1v) is 17.2. The van der Waals surface area contributed by atoms with E-state index in [0.717, 1.165) is 16.3 Å². The third-order valence-electron chi connectivity index (χ3n) is 8.51. The number of carboxylic acids is 1. The van der Waals surface area contributed by atoms with Crippen molar-refractivity contribution in [2.45, 2.75) is 63.4 Å². The largest absolute Gasteiger partial charge is 0.481 e. The van der Waals surface area contributed by atoms with Gasteiger partial charge in [0.2, 0.25) is 23.6 Å². The van der Waals surface area contributed by atoms with Crippen molar-refractivity contribution < 1.29 is 38.6 Å². The Morgan fingerprint density at radius 1 is 0.704 bits per heavy atom. The molecule has 4 aromatic carbocycles. The van der Waals surface area contributed by atoms with E-state index in [1.165, 1.54) is 0 Å². The van der Waals surface area contributed by atoms with Crippen molar-refractivity contribution in [3.63, 3.8) is 0 Å². The number of carboxylic acid groups (broad SMARTS) is 1. The molecule has 0 aliphatic carbocycles. The number of para-hydroxylation sites is 1. The molecule has 0 saturated carbocycles. The molecule has 5 rings (SSSR count). The molecule has 280 valence electrons. The van der Waals surface area contributed by atoms with E-state index >= 15 is 0 Å². The van der Waals surface area contributed by atoms with Gasteiger partial charge in [-0.2, -0.15) is 0 Å². The maximum atomic E-state index is 14.1. The van der Waals surface area contributed by atoms with Crippen molar-refractivity contribution in [2.24, 2.45) is 5.73 Å². The molecule has 5 amide bonds. The minimum absolute atomic E-state index is 0.00490. The standard InChI is InChI=1S/C40H42N6O8/c1-40(2,3)54-39(53)44-30(20-25-22-42-29-19-10-9-17-27(25)29)36(50)45-33(24-13-5-4-6-14-24)38(52)43-31(21-32(47)48)37(51)46-34(35(41)49)28-18-11-15-23-12-7-8-16-26(23)28/h4-19,22,30-31,33-34,42H,20-21H2,1-3H3,(H2,41,49)(H,43,52)(H,44,53)(H,45,50)(H,46,51)(H,47,48)/t30-,31-,33-,34-/m0/s1. The summed E-state index contributed by atoms with van der Waals surface area (Å²) in [6.07, 6.45) is -0.00495. The molecule has 0 spiro atoms. The molecule has 8 N–H and O–H groups in total. The maximum absolute atomic E-state index is 14.1. The highest BCUT2D eigenvalue weighted by atomic mass is 16.6. The molecular formula is C40H42N6O8. The molecule has 0 fully saturated rings. The van der Waals surface area contributed by atoms with Crippen LogP contribution in [0, 0.1) is 0 Å². The zero-order chi connectivity index (χ0) is 39.0. The van der Waals surface area contributed by atoms with E-state index in [0.29, 0.717) is 22.1 Å². The number of nitrogens with one attached hydrogen (secondary N) is 5. The number of nitrogens with two attached hydrogens (primary N) is 1. The summed E-state index contributed by atoms with van der Waals surface area (Å²) in [6.45, 7) is 5.03. The molecule has 1 aromatic heterocycles. The van der Waals surface area contributed by atoms with E-state index in [1.807, 2.05) is 42.5 Å². The number of aromatic amines is 1. The van der Waals surface area contributed by atoms with E-state index in [1.54, 1.807) is 81.6 Å². The monoisotopic (exact) mass is 734 g/mol. The Labute approximate surface area is 310 Å². The predicted molar refractivity (Wildman–Crippen MR) is 201 cm³/mol. The van der Waals surface area contributed by atoms with Crippen molar-refractivity contribution in [3.8, 4) is 0 Å². The van der Waals surface area contributed by atoms with E-state index in [4.69, 9.17) is 10.5 Å². The quantitative estimate of drug-likeness (QED) is 0.0884. The maximum Gasteiger partial charge on any atom is 0.408 e. The summed E-state index contributed by atoms with van der Waals surface area (Å²) in [4.78, 5) is 82.6. The molecule has 0 aliphatic rings. The number of primary amides is 1. The second-order valence-electron chi connectivity index (χ2n) is 13.7. The van der Waals surface area contributed by atoms with Crippen molar-refractivity contribution in [1.29, 1.82) is 0 Å². The SMILES string of the molecule is CC(C)(C)OC(=O)N[C@@H](Cc1c[nH]c2ccccc12)C(=O)N[C@H](C(=O)N[C@@H](CC(=O)O)C(=O)N[C@H](C(N)=O)c1cccc2ccccc12)c1ccccc1. The molecule has 14 heteroatoms. The summed E-state index contributed by atoms with van der Waals surface area (Å²) in [7, 11) is 0. The van der Waals surface area contributed by atoms with Crippen LogP contribution in [0.5, 0.6) is 0 Å². The average Bonchev–Trinajstić information content (AvgIpc) is 3.53. The minimum Gasteiger partial charge on any atom is -0.481 e. The van der Waals surface area contributed by atoms with E-state index < -0.39 is 71.9 Å². The molecule has 4 atom stereocenters. The number of fused-ring (bicyclic) bond motifs is 2. The summed E-state index contributed by atoms with van der Waals surface area (Å²) in [5, 5.41) is 22.2. The van der Waals surface area contributed by atoms with E-state index in [-0.39, 0.29) is 6.42 Å². The molecule has 0 radical (unpaired) electrons. The van der Waals surface area contributed by atoms with Crippen LogP contribution in [0.1, 0.15) is 56.0 Å². The van der Waals surface area contributed by atoms with Gasteiger partial charge in [0.1, 0.15) is 29.8 Å². The van der Waals surface area contributed by atoms with Gasteiger partial charge < -0.3 is 41.8 Å². The Bertz CT molecular complexity index is 2170. The minimum atomic E-state index is -1.70. The number of hydrogen-bond donors (Lipinski definition) is 7. The molecule has 0 saturated heterocycles. The number of amides is 5. The highest BCUT2D eigenvalue weighted by Gasteiger charge is 2.34. The number of H-pyrrole nitrogens is 1. The lowest BCUT2D eigenvalue weighted by molar-refractivity contribution is -0.141. The molecular weight excluding hydrogens is 692 g/mol. The smallest absolute Gasteiger partial charge is 0.408 e. The Morgan fingerprint density at radius 3 is 2.00 bits per heavy atom. The number of alkyl carbamates (subject to hydrolysis) is 1. The molecule has 54 heavy (non-hydrogen) atoms. The Kier molecular flexibility index (Phi) is 12.0. The van der Waals surface area contributed by atoms with Gasteiger partial charge in [0.15, 0.2) is 0 Å². The van der Waals surface area contributed by atoms with Crippen LogP contribution in [0.4, 0.5) is 4.79 Å². The molecule has 1 heterocycles. The average molecular weight is 735 g/mol. The number of carbonyl (C=O) groups excluding carboxylic acids is 5. The second kappa shape index (κ2) is 16.8. The van der Waals surface area contributed by atoms with Crippen LogP contribution in [0.2, 0.25) is 0 Å². The van der Waals surface area contributed by atoms with Gasteiger partial charge in [0, 0.05) is 23.5 Å². The summed E-state index contributed by atoms with van der Waals surface area (Å²) in [5.41, 5.74) is 7.04. The van der Waals surface area contributed by atoms with Crippen molar-refractivity contribution in [1.82, 2.24) is 26.3 Å². The van der Waals surface area contributed by atoms with Gasteiger partial charge in [-0.1, -0.05) is 91.0 Å². The number of rotatable bonds is 14. The van der Waals surface area contributed by atoms with Gasteiger partial charge in [0.25, 0.3) is 0 Å². The highest BCUT2D eigenvalue weighted by molar-refractivity contribution is 5.99. The van der Waals surface area contributed by atoms with Crippen LogP contribution in [0.15, 0.2) is 103 Å². The van der Waals surface area contributed by atoms with Crippen molar-refractivity contribution in [2.75, 3.05) is 0 Å². The fraction of sp³-hybridized carbons (Fsp3) is 0.250. The van der Waals surface area contributed by atoms with E-state index in [2.05, 4.69) is 26.3 Å². The molecule has 0 aliphatic heterocycles. The third-order valence-corrected chi connectivity index (χ3v) is 8.51. The van der Waals surface area contributed by atoms with Crippen LogP contribution in [-0.2, 0) is 35.1 Å². The topological polar surface area (TPSA) is 222 Å². The number of aromatic nitrogens is 1. The van der Waals surface area contributed by atoms with Crippen LogP contribution >= 0.6 is 0 Å². The van der Waals surface area contributed by atoms with Crippen LogP contribution in [0.25, 0.3) is 21.7 Å². The Morgan fingerprint density at radius 2 is 1.31 bits per heavy atom. The van der Waals surface area contributed by atoms with Gasteiger partial charge >= 0.3 is 12.1 Å². The number of aliphatic carboxylic acids is 1. The summed E-state index contributed by atoms with van der Waals surface area (Å²) in [5.74, 6) is -5.02. The number of hydrogen-bond acceptors (Lipinski definition) is 7. The molecule has 0 unspecified atom stereocenters. The first-order chi connectivity index (χ1) is 25.7. The van der Waals surface area contributed by atoms with Gasteiger partial charge in [-0.05, 0) is 54.3 Å². The zero-order valence-corrected chi connectivity index (χ0v) is 29.9. The fourth-order valence-corrected chi connectivity index (χ4v) is 6.05. The fourth-order valence-electron chi connectivity index (χ4n) is 6.05. The summed E-state index contributed by atoms with van der Waals surface area (Å²) in [6, 6.07) is 22.0. The van der Waals surface area contributed by atoms with Crippen LogP contribution < -0.4 is 27.0 Å². The molecule has 0 bridgehead atoms. The summed E-state index contributed by atoms with van der Waals surface area (Å²) < 4.78 is 5.43. The highest BCUT2D eigenvalue weighted by Crippen LogP contribution is 2.25. The Balaban J connectivity index is 1.42. The second-order valence-corrected chi connectivity index (χ2v) is 13.7. The van der Waals surface area contributed by atoms with Crippen molar-refractivity contribution >= 4 is 57.4 Å². The van der Waals surface area contributed by atoms with Gasteiger partial charge in [0.05, 0.1) is 6.42 Å². The Hall–Kier alpha value is -6.70. The lowest BCUT2D eigenvalue weighted by Gasteiger charge is -2.27. The zero-order valence-electron chi connectivity index (χ0n) is 29.9. The summed E-state index contributed by atoms with van der Waals surface area (Å²) >= 11 is 0. The van der Waals surface area contributed by atoms with E-state index in [9.17, 15) is 33.9 Å². The van der Waals surface area contributed by atoms with Crippen LogP contribution in [0.3, 0.4) is 0 Å². The molecule has 5 aromatic rings. The van der Waals surface area contributed by atoms with Gasteiger partial charge in [-0.15, -0.1) is 0 Å². The number of ether oxygens (including phenoxy) is 1. The van der Waals surface area contributed by atoms with Crippen molar-refractivity contribution in [3.05, 3.63) is 120 Å². The van der Waals surface area contributed by atoms with Gasteiger partial charge in [-0.25, -0.2) is 4.79 Å². The number of carbonyl (C=O) groups is 6.